The van der Waals surface area contributed by atoms with Crippen LogP contribution in [0.3, 0.4) is 0 Å². The van der Waals surface area contributed by atoms with Gasteiger partial charge in [-0.05, 0) is 54.1 Å². The van der Waals surface area contributed by atoms with Gasteiger partial charge in [-0.1, -0.05) is 17.7 Å². The Balaban J connectivity index is 3.16. The Morgan fingerprint density at radius 3 is 2.53 bits per heavy atom. The van der Waals surface area contributed by atoms with Gasteiger partial charge in [-0.3, -0.25) is 4.79 Å². The van der Waals surface area contributed by atoms with Crippen LogP contribution >= 0.6 is 34.2 Å². The largest absolute Gasteiger partial charge is 0.468 e. The second-order valence-electron chi connectivity index (χ2n) is 3.75. The zero-order valence-corrected chi connectivity index (χ0v) is 11.7. The molecule has 0 fully saturated rings. The molecule has 0 aliphatic rings. The van der Waals surface area contributed by atoms with Crippen molar-refractivity contribution in [3.63, 3.8) is 0 Å². The highest BCUT2D eigenvalue weighted by Crippen LogP contribution is 2.28. The molecule has 15 heavy (non-hydrogen) atoms. The Morgan fingerprint density at radius 2 is 2.07 bits per heavy atom. The number of ether oxygens (including phenoxy) is 1. The molecule has 1 aromatic carbocycles. The van der Waals surface area contributed by atoms with E-state index in [1.807, 2.05) is 26.0 Å². The minimum absolute atomic E-state index is 0.249. The van der Waals surface area contributed by atoms with Crippen LogP contribution in [0.4, 0.5) is 0 Å². The molecule has 1 aromatic rings. The summed E-state index contributed by atoms with van der Waals surface area (Å²) in [5.74, 6) is -0.249. The summed E-state index contributed by atoms with van der Waals surface area (Å²) in [6.07, 6.45) is 0. The van der Waals surface area contributed by atoms with Gasteiger partial charge in [-0.2, -0.15) is 0 Å². The highest BCUT2D eigenvalue weighted by molar-refractivity contribution is 14.1. The molecule has 0 aliphatic heterocycles. The van der Waals surface area contributed by atoms with Crippen molar-refractivity contribution in [2.75, 3.05) is 7.11 Å². The number of methoxy groups -OCH3 is 1. The van der Waals surface area contributed by atoms with Gasteiger partial charge in [-0.15, -0.1) is 0 Å². The molecule has 1 rings (SSSR count). The molecule has 0 saturated carbocycles. The summed E-state index contributed by atoms with van der Waals surface area (Å²) in [7, 11) is 1.39. The number of carbonyl (C=O) groups excluding carboxylic acids is 1. The maximum Gasteiger partial charge on any atom is 0.315 e. The molecule has 2 nitrogen and oxygen atoms in total. The molecule has 0 heterocycles. The van der Waals surface area contributed by atoms with Crippen LogP contribution in [-0.2, 0) is 14.9 Å². The molecule has 0 spiro atoms. The Hall–Kier alpha value is -0.290. The molecule has 0 N–H and O–H groups in total. The minimum atomic E-state index is -0.640. The fourth-order valence-electron chi connectivity index (χ4n) is 1.26. The molecule has 0 bridgehead atoms. The maximum atomic E-state index is 11.6. The molecule has 0 unspecified atom stereocenters. The summed E-state index contributed by atoms with van der Waals surface area (Å²) in [5.41, 5.74) is 0.266. The number of hydrogen-bond acceptors (Lipinski definition) is 2. The first-order valence-corrected chi connectivity index (χ1v) is 5.89. The molecule has 82 valence electrons. The molecular formula is C11H12ClIO2. The van der Waals surface area contributed by atoms with Crippen LogP contribution in [0.5, 0.6) is 0 Å². The van der Waals surface area contributed by atoms with E-state index >= 15 is 0 Å². The van der Waals surface area contributed by atoms with Crippen LogP contribution < -0.4 is 0 Å². The fourth-order valence-corrected chi connectivity index (χ4v) is 1.89. The maximum absolute atomic E-state index is 11.6. The van der Waals surface area contributed by atoms with E-state index in [1.165, 1.54) is 7.11 Å². The standard InChI is InChI=1S/C11H12ClIO2/c1-11(2,10(14)15-3)7-4-5-8(12)9(13)6-7/h4-6H,1-3H3. The van der Waals surface area contributed by atoms with Crippen molar-refractivity contribution in [3.05, 3.63) is 32.4 Å². The van der Waals surface area contributed by atoms with Gasteiger partial charge in [0.15, 0.2) is 0 Å². The van der Waals surface area contributed by atoms with Crippen LogP contribution in [0.25, 0.3) is 0 Å². The smallest absolute Gasteiger partial charge is 0.315 e. The van der Waals surface area contributed by atoms with E-state index in [1.54, 1.807) is 6.07 Å². The predicted octanol–water partition coefficient (Wildman–Crippen LogP) is 3.40. The quantitative estimate of drug-likeness (QED) is 0.610. The third-order valence-corrected chi connectivity index (χ3v) is 3.88. The van der Waals surface area contributed by atoms with Crippen LogP contribution in [0, 0.1) is 3.57 Å². The molecule has 4 heteroatoms. The average Bonchev–Trinajstić information content (AvgIpc) is 2.20. The van der Waals surface area contributed by atoms with Gasteiger partial charge >= 0.3 is 5.97 Å². The summed E-state index contributed by atoms with van der Waals surface area (Å²) in [4.78, 5) is 11.6. The molecule has 0 amide bonds. The normalized spacial score (nSPS) is 11.3. The molecular weight excluding hydrogens is 326 g/mol. The molecule has 0 aliphatic carbocycles. The zero-order chi connectivity index (χ0) is 11.6. The molecule has 0 radical (unpaired) electrons. The first-order valence-electron chi connectivity index (χ1n) is 4.43. The number of benzene rings is 1. The topological polar surface area (TPSA) is 26.3 Å². The van der Waals surface area contributed by atoms with Gasteiger partial charge in [0, 0.05) is 3.57 Å². The Morgan fingerprint density at radius 1 is 1.47 bits per heavy atom. The summed E-state index contributed by atoms with van der Waals surface area (Å²) in [6.45, 7) is 3.66. The van der Waals surface area contributed by atoms with Crippen LogP contribution in [0.15, 0.2) is 18.2 Å². The lowest BCUT2D eigenvalue weighted by Gasteiger charge is -2.22. The molecule has 0 atom stereocenters. The van der Waals surface area contributed by atoms with Crippen LogP contribution in [0.1, 0.15) is 19.4 Å². The van der Waals surface area contributed by atoms with Crippen LogP contribution in [0.2, 0.25) is 5.02 Å². The number of carbonyl (C=O) groups is 1. The Bertz CT molecular complexity index is 388. The van der Waals surface area contributed by atoms with Crippen molar-refractivity contribution in [1.82, 2.24) is 0 Å². The van der Waals surface area contributed by atoms with Gasteiger partial charge in [0.25, 0.3) is 0 Å². The van der Waals surface area contributed by atoms with Gasteiger partial charge in [-0.25, -0.2) is 0 Å². The molecule has 0 aromatic heterocycles. The Labute approximate surface area is 108 Å². The third kappa shape index (κ3) is 2.64. The van der Waals surface area contributed by atoms with E-state index in [0.29, 0.717) is 5.02 Å². The van der Waals surface area contributed by atoms with Crippen LogP contribution in [-0.4, -0.2) is 13.1 Å². The van der Waals surface area contributed by atoms with Crippen molar-refractivity contribution in [3.8, 4) is 0 Å². The number of rotatable bonds is 2. The lowest BCUT2D eigenvalue weighted by atomic mass is 9.85. The molecule has 0 saturated heterocycles. The summed E-state index contributed by atoms with van der Waals surface area (Å²) in [5, 5.41) is 0.694. The second-order valence-corrected chi connectivity index (χ2v) is 5.31. The van der Waals surface area contributed by atoms with Gasteiger partial charge in [0.05, 0.1) is 17.5 Å². The van der Waals surface area contributed by atoms with E-state index in [0.717, 1.165) is 9.13 Å². The first-order chi connectivity index (χ1) is 6.89. The van der Waals surface area contributed by atoms with Gasteiger partial charge in [0.2, 0.25) is 0 Å². The average molecular weight is 339 g/mol. The SMILES string of the molecule is COC(=O)C(C)(C)c1ccc(Cl)c(I)c1. The van der Waals surface area contributed by atoms with E-state index < -0.39 is 5.41 Å². The van der Waals surface area contributed by atoms with E-state index in [9.17, 15) is 4.79 Å². The van der Waals surface area contributed by atoms with E-state index in [4.69, 9.17) is 16.3 Å². The van der Waals surface area contributed by atoms with Gasteiger partial charge < -0.3 is 4.74 Å². The Kier molecular flexibility index (Phi) is 4.00. The lowest BCUT2D eigenvalue weighted by Crippen LogP contribution is -2.30. The third-order valence-electron chi connectivity index (χ3n) is 2.34. The monoisotopic (exact) mass is 338 g/mol. The predicted molar refractivity (Wildman–Crippen MR) is 69.2 cm³/mol. The highest BCUT2D eigenvalue weighted by Gasteiger charge is 2.31. The minimum Gasteiger partial charge on any atom is -0.468 e. The summed E-state index contributed by atoms with van der Waals surface area (Å²) < 4.78 is 5.70. The first kappa shape index (κ1) is 12.8. The van der Waals surface area contributed by atoms with Crippen molar-refractivity contribution >= 4 is 40.2 Å². The fraction of sp³-hybridized carbons (Fsp3) is 0.364. The van der Waals surface area contributed by atoms with Crippen molar-refractivity contribution in [2.24, 2.45) is 0 Å². The lowest BCUT2D eigenvalue weighted by molar-refractivity contribution is -0.146. The zero-order valence-electron chi connectivity index (χ0n) is 8.80. The van der Waals surface area contributed by atoms with Crippen molar-refractivity contribution in [2.45, 2.75) is 19.3 Å². The number of esters is 1. The van der Waals surface area contributed by atoms with Gasteiger partial charge in [0.1, 0.15) is 0 Å². The second kappa shape index (κ2) is 4.70. The van der Waals surface area contributed by atoms with Crippen molar-refractivity contribution in [1.29, 1.82) is 0 Å². The number of hydrogen-bond donors (Lipinski definition) is 0. The van der Waals surface area contributed by atoms with E-state index in [2.05, 4.69) is 22.6 Å². The summed E-state index contributed by atoms with van der Waals surface area (Å²) >= 11 is 8.06. The van der Waals surface area contributed by atoms with E-state index in [-0.39, 0.29) is 5.97 Å². The van der Waals surface area contributed by atoms with Crippen molar-refractivity contribution < 1.29 is 9.53 Å². The highest BCUT2D eigenvalue weighted by atomic mass is 127. The number of halogens is 2. The summed E-state index contributed by atoms with van der Waals surface area (Å²) in [6, 6.07) is 5.55.